The van der Waals surface area contributed by atoms with Crippen molar-refractivity contribution < 1.29 is 14.0 Å². The summed E-state index contributed by atoms with van der Waals surface area (Å²) in [5.41, 5.74) is 4.29. The molecule has 0 unspecified atom stereocenters. The van der Waals surface area contributed by atoms with E-state index in [0.29, 0.717) is 31.7 Å². The predicted octanol–water partition coefficient (Wildman–Crippen LogP) is 4.58. The molecule has 0 aliphatic carbocycles. The Morgan fingerprint density at radius 3 is 2.15 bits per heavy atom. The van der Waals surface area contributed by atoms with E-state index in [2.05, 4.69) is 27.2 Å². The number of halogens is 1. The van der Waals surface area contributed by atoms with Crippen molar-refractivity contribution in [3.63, 3.8) is 0 Å². The van der Waals surface area contributed by atoms with Crippen molar-refractivity contribution in [1.29, 1.82) is 0 Å². The highest BCUT2D eigenvalue weighted by Crippen LogP contribution is 2.20. The average Bonchev–Trinajstić information content (AvgIpc) is 2.98. The second-order valence-electron chi connectivity index (χ2n) is 9.66. The van der Waals surface area contributed by atoms with E-state index in [1.54, 1.807) is 4.90 Å². The average molecular weight is 524 g/mol. The lowest BCUT2D eigenvalue weighted by molar-refractivity contribution is -0.132. The Bertz CT molecular complexity index is 1400. The van der Waals surface area contributed by atoms with E-state index in [0.717, 1.165) is 22.6 Å². The molecule has 0 N–H and O–H groups in total. The molecule has 4 aromatic rings. The molecule has 1 aliphatic heterocycles. The van der Waals surface area contributed by atoms with Crippen molar-refractivity contribution in [1.82, 2.24) is 20.0 Å². The summed E-state index contributed by atoms with van der Waals surface area (Å²) in [4.78, 5) is 32.0. The van der Waals surface area contributed by atoms with Crippen molar-refractivity contribution >= 4 is 17.6 Å². The molecule has 2 amide bonds. The van der Waals surface area contributed by atoms with Gasteiger partial charge in [0.15, 0.2) is 5.82 Å². The van der Waals surface area contributed by atoms with Gasteiger partial charge in [-0.15, -0.1) is 10.2 Å². The number of aryl methyl sites for hydroxylation is 1. The molecule has 7 nitrogen and oxygen atoms in total. The first-order chi connectivity index (χ1) is 19.0. The summed E-state index contributed by atoms with van der Waals surface area (Å²) in [6, 6.07) is 27.0. The van der Waals surface area contributed by atoms with Crippen molar-refractivity contribution in [3.05, 3.63) is 114 Å². The molecule has 0 bridgehead atoms. The van der Waals surface area contributed by atoms with E-state index >= 15 is 0 Å². The van der Waals surface area contributed by atoms with Crippen molar-refractivity contribution in [2.24, 2.45) is 0 Å². The number of aromatic nitrogens is 2. The molecule has 0 saturated carbocycles. The highest BCUT2D eigenvalue weighted by atomic mass is 19.1. The van der Waals surface area contributed by atoms with Crippen LogP contribution < -0.4 is 4.90 Å². The first-order valence-electron chi connectivity index (χ1n) is 13.0. The fourth-order valence-corrected chi connectivity index (χ4v) is 4.60. The lowest BCUT2D eigenvalue weighted by atomic mass is 10.1. The normalized spacial score (nSPS) is 13.3. The van der Waals surface area contributed by atoms with E-state index in [1.165, 1.54) is 34.7 Å². The van der Waals surface area contributed by atoms with Crippen LogP contribution in [0.3, 0.4) is 0 Å². The van der Waals surface area contributed by atoms with Crippen LogP contribution in [0.25, 0.3) is 11.3 Å². The second-order valence-corrected chi connectivity index (χ2v) is 9.66. The number of hydrogen-bond donors (Lipinski definition) is 0. The van der Waals surface area contributed by atoms with Crippen LogP contribution in [0, 0.1) is 12.7 Å². The van der Waals surface area contributed by atoms with E-state index in [1.807, 2.05) is 61.5 Å². The van der Waals surface area contributed by atoms with Gasteiger partial charge in [-0.05, 0) is 48.9 Å². The number of carbonyl (C=O) groups excluding carboxylic acids is 2. The van der Waals surface area contributed by atoms with Gasteiger partial charge in [0, 0.05) is 43.9 Å². The number of piperazine rings is 1. The fourth-order valence-electron chi connectivity index (χ4n) is 4.60. The largest absolute Gasteiger partial charge is 0.352 e. The topological polar surface area (TPSA) is 69.6 Å². The highest BCUT2D eigenvalue weighted by Gasteiger charge is 2.26. The molecule has 198 valence electrons. The Labute approximate surface area is 227 Å². The molecular formula is C31H30FN5O2. The summed E-state index contributed by atoms with van der Waals surface area (Å²) >= 11 is 0. The minimum Gasteiger partial charge on any atom is -0.352 e. The number of benzene rings is 3. The number of hydrogen-bond acceptors (Lipinski definition) is 5. The van der Waals surface area contributed by atoms with Crippen LogP contribution in [0.1, 0.15) is 21.5 Å². The Morgan fingerprint density at radius 1 is 0.821 bits per heavy atom. The maximum absolute atomic E-state index is 13.4. The van der Waals surface area contributed by atoms with Gasteiger partial charge in [0.2, 0.25) is 5.91 Å². The van der Waals surface area contributed by atoms with Crippen LogP contribution in [0.5, 0.6) is 0 Å². The number of amides is 2. The molecule has 1 saturated heterocycles. The van der Waals surface area contributed by atoms with Crippen LogP contribution in [-0.2, 0) is 11.3 Å². The standard InChI is InChI=1S/C31H30FN5O2/c1-23-7-9-25(10-8-23)28-15-16-29(34-33-28)35-17-19-36(20-18-35)30(38)22-37(21-24-5-3-2-4-6-24)31(39)26-11-13-27(32)14-12-26/h2-16H,17-22H2,1H3. The molecule has 0 atom stereocenters. The zero-order chi connectivity index (χ0) is 27.2. The fraction of sp³-hybridized carbons (Fsp3) is 0.226. The van der Waals surface area contributed by atoms with E-state index in [4.69, 9.17) is 0 Å². The maximum atomic E-state index is 13.4. The molecule has 2 heterocycles. The van der Waals surface area contributed by atoms with E-state index in [9.17, 15) is 14.0 Å². The Hall–Kier alpha value is -4.59. The number of anilines is 1. The van der Waals surface area contributed by atoms with Gasteiger partial charge in [-0.2, -0.15) is 0 Å². The molecule has 1 fully saturated rings. The van der Waals surface area contributed by atoms with Crippen LogP contribution in [0.2, 0.25) is 0 Å². The quantitative estimate of drug-likeness (QED) is 0.355. The molecule has 39 heavy (non-hydrogen) atoms. The zero-order valence-corrected chi connectivity index (χ0v) is 21.8. The monoisotopic (exact) mass is 523 g/mol. The molecule has 3 aromatic carbocycles. The molecule has 0 radical (unpaired) electrons. The first-order valence-corrected chi connectivity index (χ1v) is 13.0. The summed E-state index contributed by atoms with van der Waals surface area (Å²) in [5.74, 6) is -0.0728. The van der Waals surface area contributed by atoms with Gasteiger partial charge in [-0.25, -0.2) is 4.39 Å². The molecule has 0 spiro atoms. The van der Waals surface area contributed by atoms with Gasteiger partial charge < -0.3 is 14.7 Å². The SMILES string of the molecule is Cc1ccc(-c2ccc(N3CCN(C(=O)CN(Cc4ccccc4)C(=O)c4ccc(F)cc4)CC3)nn2)cc1. The number of rotatable bonds is 7. The number of nitrogens with zero attached hydrogens (tertiary/aromatic N) is 5. The predicted molar refractivity (Wildman–Crippen MR) is 149 cm³/mol. The highest BCUT2D eigenvalue weighted by molar-refractivity contribution is 5.96. The van der Waals surface area contributed by atoms with Gasteiger partial charge >= 0.3 is 0 Å². The first kappa shape index (κ1) is 26.0. The lowest BCUT2D eigenvalue weighted by Gasteiger charge is -2.36. The van der Waals surface area contributed by atoms with Crippen LogP contribution in [0.4, 0.5) is 10.2 Å². The van der Waals surface area contributed by atoms with Crippen molar-refractivity contribution in [2.45, 2.75) is 13.5 Å². The molecular weight excluding hydrogens is 493 g/mol. The smallest absolute Gasteiger partial charge is 0.254 e. The second kappa shape index (κ2) is 11.9. The van der Waals surface area contributed by atoms with Gasteiger partial charge in [-0.1, -0.05) is 60.2 Å². The van der Waals surface area contributed by atoms with Gasteiger partial charge in [0.05, 0.1) is 5.69 Å². The lowest BCUT2D eigenvalue weighted by Crippen LogP contribution is -2.52. The van der Waals surface area contributed by atoms with E-state index in [-0.39, 0.29) is 24.9 Å². The molecule has 1 aliphatic rings. The summed E-state index contributed by atoms with van der Waals surface area (Å²) in [6.07, 6.45) is 0. The van der Waals surface area contributed by atoms with Crippen molar-refractivity contribution in [2.75, 3.05) is 37.6 Å². The van der Waals surface area contributed by atoms with Gasteiger partial charge in [-0.3, -0.25) is 9.59 Å². The summed E-state index contributed by atoms with van der Waals surface area (Å²) in [6.45, 7) is 4.55. The summed E-state index contributed by atoms with van der Waals surface area (Å²) < 4.78 is 13.4. The Balaban J connectivity index is 1.21. The Kier molecular flexibility index (Phi) is 7.91. The van der Waals surface area contributed by atoms with Gasteiger partial charge in [0.1, 0.15) is 12.4 Å². The summed E-state index contributed by atoms with van der Waals surface area (Å²) in [7, 11) is 0. The maximum Gasteiger partial charge on any atom is 0.254 e. The third-order valence-electron chi connectivity index (χ3n) is 6.87. The number of carbonyl (C=O) groups is 2. The van der Waals surface area contributed by atoms with E-state index < -0.39 is 5.82 Å². The Morgan fingerprint density at radius 2 is 1.51 bits per heavy atom. The van der Waals surface area contributed by atoms with Gasteiger partial charge in [0.25, 0.3) is 5.91 Å². The van der Waals surface area contributed by atoms with Crippen LogP contribution >= 0.6 is 0 Å². The molecule has 8 heteroatoms. The minimum atomic E-state index is -0.412. The zero-order valence-electron chi connectivity index (χ0n) is 21.8. The third-order valence-corrected chi connectivity index (χ3v) is 6.87. The van der Waals surface area contributed by atoms with Crippen LogP contribution in [0.15, 0.2) is 91.0 Å². The van der Waals surface area contributed by atoms with Crippen molar-refractivity contribution in [3.8, 4) is 11.3 Å². The minimum absolute atomic E-state index is 0.0594. The third kappa shape index (κ3) is 6.46. The molecule has 5 rings (SSSR count). The van der Waals surface area contributed by atoms with Crippen LogP contribution in [-0.4, -0.2) is 64.5 Å². The molecule has 1 aromatic heterocycles. The summed E-state index contributed by atoms with van der Waals surface area (Å²) in [5, 5.41) is 8.82.